The number of fused-ring (bicyclic) bond motifs is 2. The molecule has 1 spiro atoms. The van der Waals surface area contributed by atoms with Gasteiger partial charge in [-0.15, -0.1) is 0 Å². The third-order valence-electron chi connectivity index (χ3n) is 10.6. The maximum absolute atomic E-state index is 15.4. The van der Waals surface area contributed by atoms with Crippen molar-refractivity contribution < 1.29 is 38.5 Å². The van der Waals surface area contributed by atoms with Crippen LogP contribution in [0.4, 0.5) is 0 Å². The fraction of sp³-hybridized carbons (Fsp3) is 0.650. The van der Waals surface area contributed by atoms with Crippen LogP contribution in [0, 0.1) is 23.2 Å². The average Bonchev–Trinajstić information content (AvgIpc) is 3.65. The lowest BCUT2D eigenvalue weighted by atomic mass is 9.74. The van der Waals surface area contributed by atoms with Gasteiger partial charge in [-0.1, -0.05) is 93.0 Å². The summed E-state index contributed by atoms with van der Waals surface area (Å²) in [6.07, 6.45) is 5.42. The van der Waals surface area contributed by atoms with Crippen molar-refractivity contribution in [3.63, 3.8) is 0 Å². The Hall–Kier alpha value is -3.06. The third kappa shape index (κ3) is 7.91. The largest absolute Gasteiger partial charge is 0.455 e. The summed E-state index contributed by atoms with van der Waals surface area (Å²) in [5.74, 6) is -3.79. The maximum atomic E-state index is 15.4. The van der Waals surface area contributed by atoms with E-state index in [1.807, 2.05) is 70.2 Å². The second kappa shape index (κ2) is 15.7. The van der Waals surface area contributed by atoms with Gasteiger partial charge in [0.2, 0.25) is 17.7 Å². The first-order valence-electron chi connectivity index (χ1n) is 18.4. The SMILES string of the molecule is COC[C@H]1NC(=O)CC/C=C\CN(C(C)(C)CC(C)(C)C)C(=O)[C@@H]2N([C@@H](CO)CC(C)C)C(=O)[C@H]3[C@H](C(=O)O[C@@H]1c1ccccc1)[C@H]1O[C@@]23C=C1Br. The zero-order valence-corrected chi connectivity index (χ0v) is 33.4. The molecule has 286 valence electrons. The fourth-order valence-corrected chi connectivity index (χ4v) is 9.74. The maximum Gasteiger partial charge on any atom is 0.313 e. The van der Waals surface area contributed by atoms with E-state index in [-0.39, 0.29) is 49.3 Å². The van der Waals surface area contributed by atoms with Gasteiger partial charge in [-0.25, -0.2) is 0 Å². The van der Waals surface area contributed by atoms with E-state index in [1.54, 1.807) is 11.0 Å². The molecule has 5 bridgehead atoms. The van der Waals surface area contributed by atoms with Crippen molar-refractivity contribution in [3.05, 3.63) is 58.6 Å². The van der Waals surface area contributed by atoms with Gasteiger partial charge in [0.15, 0.2) is 0 Å². The van der Waals surface area contributed by atoms with Crippen LogP contribution in [-0.4, -0.2) is 101 Å². The first-order chi connectivity index (χ1) is 24.5. The van der Waals surface area contributed by atoms with Gasteiger partial charge >= 0.3 is 5.97 Å². The van der Waals surface area contributed by atoms with Gasteiger partial charge in [0.1, 0.15) is 29.8 Å². The van der Waals surface area contributed by atoms with Crippen LogP contribution < -0.4 is 5.32 Å². The lowest BCUT2D eigenvalue weighted by molar-refractivity contribution is -0.163. The molecular weight excluding hydrogens is 730 g/mol. The number of benzene rings is 1. The molecule has 2 fully saturated rings. The lowest BCUT2D eigenvalue weighted by Crippen LogP contribution is -2.62. The molecule has 0 saturated carbocycles. The highest BCUT2D eigenvalue weighted by Gasteiger charge is 2.76. The number of methoxy groups -OCH3 is 1. The van der Waals surface area contributed by atoms with Crippen LogP contribution in [-0.2, 0) is 33.4 Å². The number of nitrogens with zero attached hydrogens (tertiary/aromatic N) is 2. The van der Waals surface area contributed by atoms with E-state index in [4.69, 9.17) is 14.2 Å². The van der Waals surface area contributed by atoms with Crippen molar-refractivity contribution in [2.75, 3.05) is 26.9 Å². The molecule has 4 heterocycles. The predicted octanol–water partition coefficient (Wildman–Crippen LogP) is 5.08. The molecule has 52 heavy (non-hydrogen) atoms. The number of likely N-dealkylation sites (tertiary alicyclic amines) is 1. The Bertz CT molecular complexity index is 1550. The van der Waals surface area contributed by atoms with E-state index < -0.39 is 65.2 Å². The number of aliphatic hydroxyl groups is 1. The van der Waals surface area contributed by atoms with Crippen molar-refractivity contribution in [3.8, 4) is 0 Å². The predicted molar refractivity (Wildman–Crippen MR) is 200 cm³/mol. The second-order valence-electron chi connectivity index (χ2n) is 16.9. The van der Waals surface area contributed by atoms with Gasteiger partial charge in [-0.3, -0.25) is 19.2 Å². The van der Waals surface area contributed by atoms with E-state index in [0.717, 1.165) is 0 Å². The first kappa shape index (κ1) is 40.1. The molecule has 0 unspecified atom stereocenters. The molecule has 0 radical (unpaired) electrons. The topological polar surface area (TPSA) is 135 Å². The Morgan fingerprint density at radius 3 is 2.35 bits per heavy atom. The van der Waals surface area contributed by atoms with Gasteiger partial charge in [0.05, 0.1) is 31.2 Å². The number of carbonyl (C=O) groups is 4. The van der Waals surface area contributed by atoms with E-state index >= 15 is 4.79 Å². The smallest absolute Gasteiger partial charge is 0.313 e. The highest BCUT2D eigenvalue weighted by Crippen LogP contribution is 2.60. The van der Waals surface area contributed by atoms with Gasteiger partial charge in [0.25, 0.3) is 0 Å². The number of amides is 3. The summed E-state index contributed by atoms with van der Waals surface area (Å²) in [5, 5.41) is 13.8. The van der Waals surface area contributed by atoms with E-state index in [9.17, 15) is 19.5 Å². The minimum atomic E-state index is -1.50. The number of allylic oxidation sites excluding steroid dienone is 1. The monoisotopic (exact) mass is 785 g/mol. The number of rotatable bonds is 9. The first-order valence-corrected chi connectivity index (χ1v) is 19.2. The van der Waals surface area contributed by atoms with Gasteiger partial charge < -0.3 is 34.4 Å². The number of halogens is 1. The van der Waals surface area contributed by atoms with Crippen molar-refractivity contribution in [2.24, 2.45) is 23.2 Å². The standard InChI is InChI=1S/C40H56BrN3O8/c1-24(2)19-26(21-45)44-34-36(48)43(39(6,7)23-38(3,4)5)18-14-10-13-17-29(46)42-28(22-50-8)32(25-15-11-9-12-16-25)51-37(49)30-31(35(44)47)40(34)20-27(41)33(30)52-40/h9-12,14-16,20,24,26,28,30-34,45H,13,17-19,21-23H2,1-8H3,(H,42,46)/b14-10-/t26-,28-,30+,31-,32-,33+,34+,40-/m1/s1. The molecular formula is C40H56BrN3O8. The van der Waals surface area contributed by atoms with Crippen LogP contribution in [0.25, 0.3) is 0 Å². The van der Waals surface area contributed by atoms with Crippen LogP contribution in [0.3, 0.4) is 0 Å². The summed E-state index contributed by atoms with van der Waals surface area (Å²) in [5.41, 5.74) is -1.68. The number of ether oxygens (including phenoxy) is 3. The average molecular weight is 787 g/mol. The molecule has 0 aromatic heterocycles. The second-order valence-corrected chi connectivity index (χ2v) is 17.9. The fourth-order valence-electron chi connectivity index (χ4n) is 9.00. The summed E-state index contributed by atoms with van der Waals surface area (Å²) in [6.45, 7) is 14.3. The zero-order chi connectivity index (χ0) is 38.2. The van der Waals surface area contributed by atoms with Crippen molar-refractivity contribution >= 4 is 39.6 Å². The molecule has 0 aliphatic carbocycles. The number of aliphatic hydroxyl groups excluding tert-OH is 1. The quantitative estimate of drug-likeness (QED) is 0.262. The molecule has 3 amide bonds. The van der Waals surface area contributed by atoms with Crippen LogP contribution in [0.2, 0.25) is 0 Å². The van der Waals surface area contributed by atoms with Crippen molar-refractivity contribution in [1.29, 1.82) is 0 Å². The van der Waals surface area contributed by atoms with Crippen LogP contribution in [0.15, 0.2) is 53.0 Å². The van der Waals surface area contributed by atoms with Crippen molar-refractivity contribution in [1.82, 2.24) is 15.1 Å². The van der Waals surface area contributed by atoms with Gasteiger partial charge in [-0.2, -0.15) is 0 Å². The molecule has 1 aromatic rings. The lowest BCUT2D eigenvalue weighted by Gasteiger charge is -2.46. The number of esters is 1. The summed E-state index contributed by atoms with van der Waals surface area (Å²) < 4.78 is 19.2. The highest BCUT2D eigenvalue weighted by atomic mass is 79.9. The molecule has 1 aromatic carbocycles. The van der Waals surface area contributed by atoms with E-state index in [1.165, 1.54) is 12.0 Å². The molecule has 4 aliphatic heterocycles. The summed E-state index contributed by atoms with van der Waals surface area (Å²) >= 11 is 3.65. The Labute approximate surface area is 316 Å². The van der Waals surface area contributed by atoms with Crippen molar-refractivity contribution in [2.45, 2.75) is 116 Å². The van der Waals surface area contributed by atoms with Gasteiger partial charge in [0, 0.05) is 30.1 Å². The number of nitrogens with one attached hydrogen (secondary N) is 1. The molecule has 11 nitrogen and oxygen atoms in total. The molecule has 4 aliphatic rings. The van der Waals surface area contributed by atoms with Gasteiger partial charge in [-0.05, 0) is 56.1 Å². The zero-order valence-electron chi connectivity index (χ0n) is 31.8. The Balaban J connectivity index is 1.69. The molecule has 12 heteroatoms. The molecule has 2 N–H and O–H groups in total. The third-order valence-corrected chi connectivity index (χ3v) is 11.3. The van der Waals surface area contributed by atoms with Crippen LogP contribution in [0.5, 0.6) is 0 Å². The summed E-state index contributed by atoms with van der Waals surface area (Å²) in [6, 6.07) is 6.53. The Kier molecular flexibility index (Phi) is 12.1. The summed E-state index contributed by atoms with van der Waals surface area (Å²) in [7, 11) is 1.52. The number of cyclic esters (lactones) is 1. The molecule has 5 rings (SSSR count). The number of carbonyl (C=O) groups excluding carboxylic acids is 4. The van der Waals surface area contributed by atoms with E-state index in [2.05, 4.69) is 42.0 Å². The minimum Gasteiger partial charge on any atom is -0.455 e. The highest BCUT2D eigenvalue weighted by molar-refractivity contribution is 9.11. The summed E-state index contributed by atoms with van der Waals surface area (Å²) in [4.78, 5) is 61.7. The van der Waals surface area contributed by atoms with Crippen LogP contribution >= 0.6 is 15.9 Å². The van der Waals surface area contributed by atoms with Crippen LogP contribution in [0.1, 0.15) is 85.8 Å². The van der Waals surface area contributed by atoms with E-state index in [0.29, 0.717) is 29.3 Å². The molecule has 2 saturated heterocycles. The number of hydrogen-bond donors (Lipinski definition) is 2. The molecule has 8 atom stereocenters. The Morgan fingerprint density at radius 1 is 1.04 bits per heavy atom. The normalized spacial score (nSPS) is 31.4. The Morgan fingerprint density at radius 2 is 1.73 bits per heavy atom. The number of hydrogen-bond acceptors (Lipinski definition) is 8. The minimum absolute atomic E-state index is 0.0600.